The highest BCUT2D eigenvalue weighted by atomic mass is 32.1. The highest BCUT2D eigenvalue weighted by Crippen LogP contribution is 2.23. The summed E-state index contributed by atoms with van der Waals surface area (Å²) in [6, 6.07) is 7.75. The number of hydrogen-bond acceptors (Lipinski definition) is 3. The second-order valence-corrected chi connectivity index (χ2v) is 5.24. The van der Waals surface area contributed by atoms with Crippen molar-refractivity contribution in [2.75, 3.05) is 11.9 Å². The Hall–Kier alpha value is -2.08. The van der Waals surface area contributed by atoms with Crippen LogP contribution in [0, 0.1) is 6.92 Å². The van der Waals surface area contributed by atoms with Gasteiger partial charge in [0.25, 0.3) is 0 Å². The molecule has 118 valence electrons. The van der Waals surface area contributed by atoms with E-state index < -0.39 is 0 Å². The number of benzene rings is 1. The Morgan fingerprint density at radius 2 is 2.09 bits per heavy atom. The lowest BCUT2D eigenvalue weighted by Crippen LogP contribution is -2.28. The smallest absolute Gasteiger partial charge is 0.171 e. The van der Waals surface area contributed by atoms with Crippen LogP contribution in [0.25, 0.3) is 0 Å². The van der Waals surface area contributed by atoms with E-state index in [1.54, 1.807) is 0 Å². The Labute approximate surface area is 136 Å². The van der Waals surface area contributed by atoms with Crippen molar-refractivity contribution in [1.29, 1.82) is 0 Å². The van der Waals surface area contributed by atoms with Crippen LogP contribution in [-0.2, 0) is 13.1 Å². The molecule has 0 unspecified atom stereocenters. The Balaban J connectivity index is 1.94. The number of para-hydroxylation sites is 2. The summed E-state index contributed by atoms with van der Waals surface area (Å²) < 4.78 is 7.50. The van der Waals surface area contributed by atoms with E-state index in [9.17, 15) is 0 Å². The van der Waals surface area contributed by atoms with E-state index in [1.165, 1.54) is 0 Å². The van der Waals surface area contributed by atoms with Gasteiger partial charge < -0.3 is 15.4 Å². The number of nitrogens with one attached hydrogen (secondary N) is 2. The predicted molar refractivity (Wildman–Crippen MR) is 93.3 cm³/mol. The molecule has 0 amide bonds. The van der Waals surface area contributed by atoms with Gasteiger partial charge in [0.15, 0.2) is 5.11 Å². The second kappa shape index (κ2) is 7.79. The molecule has 0 radical (unpaired) electrons. The Kier molecular flexibility index (Phi) is 5.77. The minimum Gasteiger partial charge on any atom is -0.492 e. The molecule has 0 spiro atoms. The number of nitrogens with zero attached hydrogens (tertiary/aromatic N) is 2. The van der Waals surface area contributed by atoms with Gasteiger partial charge in [-0.05, 0) is 45.1 Å². The van der Waals surface area contributed by atoms with Gasteiger partial charge in [0.05, 0.1) is 18.0 Å². The number of rotatable bonds is 6. The first-order valence-electron chi connectivity index (χ1n) is 7.43. The molecular weight excluding hydrogens is 296 g/mol. The van der Waals surface area contributed by atoms with E-state index in [2.05, 4.69) is 22.7 Å². The summed E-state index contributed by atoms with van der Waals surface area (Å²) in [5, 5.41) is 11.4. The number of aryl methyl sites for hydroxylation is 2. The van der Waals surface area contributed by atoms with Crippen molar-refractivity contribution >= 4 is 23.0 Å². The molecule has 0 bridgehead atoms. The summed E-state index contributed by atoms with van der Waals surface area (Å²) in [7, 11) is 0. The SMILES string of the molecule is CCOc1ccccc1NC(=S)NCc1cn(CC)nc1C. The molecule has 0 aliphatic heterocycles. The van der Waals surface area contributed by atoms with E-state index in [-0.39, 0.29) is 0 Å². The van der Waals surface area contributed by atoms with Gasteiger partial charge in [0, 0.05) is 24.8 Å². The lowest BCUT2D eigenvalue weighted by molar-refractivity contribution is 0.342. The minimum atomic E-state index is 0.566. The Morgan fingerprint density at radius 3 is 2.77 bits per heavy atom. The van der Waals surface area contributed by atoms with E-state index in [4.69, 9.17) is 17.0 Å². The third kappa shape index (κ3) is 4.21. The van der Waals surface area contributed by atoms with Crippen molar-refractivity contribution in [1.82, 2.24) is 15.1 Å². The van der Waals surface area contributed by atoms with E-state index in [0.717, 1.165) is 29.2 Å². The number of thiocarbonyl (C=S) groups is 1. The van der Waals surface area contributed by atoms with Crippen molar-refractivity contribution in [3.05, 3.63) is 41.7 Å². The minimum absolute atomic E-state index is 0.566. The van der Waals surface area contributed by atoms with Crippen molar-refractivity contribution in [2.24, 2.45) is 0 Å². The first kappa shape index (κ1) is 16.3. The molecule has 0 aliphatic carbocycles. The molecule has 0 aliphatic rings. The summed E-state index contributed by atoms with van der Waals surface area (Å²) in [5.41, 5.74) is 3.03. The van der Waals surface area contributed by atoms with E-state index >= 15 is 0 Å². The van der Waals surface area contributed by atoms with Gasteiger partial charge in [0.2, 0.25) is 0 Å². The second-order valence-electron chi connectivity index (χ2n) is 4.83. The van der Waals surface area contributed by atoms with Gasteiger partial charge in [-0.2, -0.15) is 5.10 Å². The molecule has 2 rings (SSSR count). The molecule has 1 aromatic heterocycles. The van der Waals surface area contributed by atoms with E-state index in [0.29, 0.717) is 18.3 Å². The molecule has 0 saturated carbocycles. The zero-order valence-corrected chi connectivity index (χ0v) is 14.0. The molecule has 6 heteroatoms. The molecular formula is C16H22N4OS. The molecule has 0 fully saturated rings. The first-order chi connectivity index (χ1) is 10.6. The van der Waals surface area contributed by atoms with Crippen LogP contribution < -0.4 is 15.4 Å². The topological polar surface area (TPSA) is 51.1 Å². The van der Waals surface area contributed by atoms with Crippen molar-refractivity contribution in [3.8, 4) is 5.75 Å². The number of ether oxygens (including phenoxy) is 1. The molecule has 0 atom stereocenters. The van der Waals surface area contributed by atoms with Gasteiger partial charge in [-0.3, -0.25) is 4.68 Å². The highest BCUT2D eigenvalue weighted by molar-refractivity contribution is 7.80. The number of anilines is 1. The predicted octanol–water partition coefficient (Wildman–Crippen LogP) is 3.10. The fraction of sp³-hybridized carbons (Fsp3) is 0.375. The lowest BCUT2D eigenvalue weighted by Gasteiger charge is -2.13. The molecule has 0 saturated heterocycles. The maximum atomic E-state index is 5.57. The van der Waals surface area contributed by atoms with Gasteiger partial charge >= 0.3 is 0 Å². The van der Waals surface area contributed by atoms with Crippen LogP contribution in [0.2, 0.25) is 0 Å². The molecule has 5 nitrogen and oxygen atoms in total. The van der Waals surface area contributed by atoms with Gasteiger partial charge in [0.1, 0.15) is 5.75 Å². The quantitative estimate of drug-likeness (QED) is 0.802. The summed E-state index contributed by atoms with van der Waals surface area (Å²) in [5.74, 6) is 0.795. The fourth-order valence-corrected chi connectivity index (χ4v) is 2.27. The first-order valence-corrected chi connectivity index (χ1v) is 7.84. The van der Waals surface area contributed by atoms with Crippen molar-refractivity contribution in [2.45, 2.75) is 33.9 Å². The maximum absolute atomic E-state index is 5.57. The van der Waals surface area contributed by atoms with Gasteiger partial charge in [-0.15, -0.1) is 0 Å². The Bertz CT molecular complexity index is 639. The summed E-state index contributed by atoms with van der Waals surface area (Å²) in [4.78, 5) is 0. The monoisotopic (exact) mass is 318 g/mol. The van der Waals surface area contributed by atoms with Crippen LogP contribution in [0.4, 0.5) is 5.69 Å². The average Bonchev–Trinajstić information content (AvgIpc) is 2.88. The fourth-order valence-electron chi connectivity index (χ4n) is 2.09. The maximum Gasteiger partial charge on any atom is 0.171 e. The van der Waals surface area contributed by atoms with Crippen LogP contribution in [0.1, 0.15) is 25.1 Å². The lowest BCUT2D eigenvalue weighted by atomic mass is 10.2. The standard InChI is InChI=1S/C16H22N4OS/c1-4-20-11-13(12(3)19-20)10-17-16(22)18-14-8-6-7-9-15(14)21-5-2/h6-9,11H,4-5,10H2,1-3H3,(H2,17,18,22). The average molecular weight is 318 g/mol. The highest BCUT2D eigenvalue weighted by Gasteiger charge is 2.07. The van der Waals surface area contributed by atoms with Gasteiger partial charge in [-0.25, -0.2) is 0 Å². The van der Waals surface area contributed by atoms with Crippen LogP contribution in [0.5, 0.6) is 5.75 Å². The zero-order valence-electron chi connectivity index (χ0n) is 13.2. The van der Waals surface area contributed by atoms with Crippen LogP contribution in [0.15, 0.2) is 30.5 Å². The summed E-state index contributed by atoms with van der Waals surface area (Å²) >= 11 is 5.35. The third-order valence-electron chi connectivity index (χ3n) is 3.25. The van der Waals surface area contributed by atoms with Crippen molar-refractivity contribution in [3.63, 3.8) is 0 Å². The Morgan fingerprint density at radius 1 is 1.32 bits per heavy atom. The molecule has 2 aromatic rings. The van der Waals surface area contributed by atoms with Crippen LogP contribution in [0.3, 0.4) is 0 Å². The van der Waals surface area contributed by atoms with Gasteiger partial charge in [-0.1, -0.05) is 12.1 Å². The number of aromatic nitrogens is 2. The van der Waals surface area contributed by atoms with Crippen LogP contribution in [-0.4, -0.2) is 21.5 Å². The molecule has 22 heavy (non-hydrogen) atoms. The molecule has 1 heterocycles. The summed E-state index contributed by atoms with van der Waals surface area (Å²) in [6.45, 7) is 8.17. The van der Waals surface area contributed by atoms with E-state index in [1.807, 2.05) is 49.0 Å². The largest absolute Gasteiger partial charge is 0.492 e. The number of hydrogen-bond donors (Lipinski definition) is 2. The van der Waals surface area contributed by atoms with Crippen molar-refractivity contribution < 1.29 is 4.74 Å². The zero-order chi connectivity index (χ0) is 15.9. The normalized spacial score (nSPS) is 10.3. The summed E-state index contributed by atoms with van der Waals surface area (Å²) in [6.07, 6.45) is 2.04. The third-order valence-corrected chi connectivity index (χ3v) is 3.49. The molecule has 1 aromatic carbocycles. The molecule has 2 N–H and O–H groups in total. The van der Waals surface area contributed by atoms with Crippen LogP contribution >= 0.6 is 12.2 Å².